The van der Waals surface area contributed by atoms with Crippen molar-refractivity contribution < 1.29 is 24.0 Å². The average Bonchev–Trinajstić information content (AvgIpc) is 2.57. The zero-order valence-corrected chi connectivity index (χ0v) is 13.0. The fourth-order valence-corrected chi connectivity index (χ4v) is 2.81. The molecule has 0 radical (unpaired) electrons. The summed E-state index contributed by atoms with van der Waals surface area (Å²) in [6, 6.07) is 0. The van der Waals surface area contributed by atoms with Gasteiger partial charge in [0.05, 0.1) is 11.8 Å². The molecule has 0 N–H and O–H groups in total. The SMILES string of the molecule is CC1C=C[C@@H](C)[C@H]2C(=O)N(OC(=O)OC(C)(C)C)C(=O)[C@@H]12. The minimum atomic E-state index is -1.05. The van der Waals surface area contributed by atoms with E-state index in [4.69, 9.17) is 9.57 Å². The van der Waals surface area contributed by atoms with Crippen LogP contribution in [0.15, 0.2) is 12.2 Å². The number of allylic oxidation sites excluding steroid dienone is 2. The number of ether oxygens (including phenoxy) is 1. The number of nitrogens with zero attached hydrogens (tertiary/aromatic N) is 1. The lowest BCUT2D eigenvalue weighted by Crippen LogP contribution is -2.36. The molecule has 2 amide bonds. The summed E-state index contributed by atoms with van der Waals surface area (Å²) in [5, 5.41) is 0.573. The zero-order valence-electron chi connectivity index (χ0n) is 13.0. The number of amides is 2. The first-order valence-corrected chi connectivity index (χ1v) is 7.09. The Morgan fingerprint density at radius 2 is 1.48 bits per heavy atom. The van der Waals surface area contributed by atoms with Gasteiger partial charge in [0.25, 0.3) is 11.8 Å². The van der Waals surface area contributed by atoms with Crippen LogP contribution in [0.4, 0.5) is 4.79 Å². The predicted octanol–water partition coefficient (Wildman–Crippen LogP) is 2.30. The lowest BCUT2D eigenvalue weighted by atomic mass is 9.73. The molecule has 1 aliphatic heterocycles. The predicted molar refractivity (Wildman–Crippen MR) is 73.6 cm³/mol. The summed E-state index contributed by atoms with van der Waals surface area (Å²) < 4.78 is 4.98. The Kier molecular flexibility index (Phi) is 3.82. The molecule has 0 saturated carbocycles. The van der Waals surface area contributed by atoms with Gasteiger partial charge in [0.2, 0.25) is 0 Å². The van der Waals surface area contributed by atoms with Gasteiger partial charge in [-0.25, -0.2) is 4.79 Å². The van der Waals surface area contributed by atoms with Crippen LogP contribution in [0.25, 0.3) is 0 Å². The first-order chi connectivity index (χ1) is 9.61. The standard InChI is InChI=1S/C15H21NO5/c1-8-6-7-9(2)11-10(8)12(17)16(13(11)18)21-14(19)20-15(3,4)5/h6-11H,1-5H3/t8-,9?,10-,11+/m1/s1. The Labute approximate surface area is 124 Å². The largest absolute Gasteiger partial charge is 0.534 e. The van der Waals surface area contributed by atoms with Crippen molar-refractivity contribution in [3.05, 3.63) is 12.2 Å². The van der Waals surface area contributed by atoms with Crippen molar-refractivity contribution in [1.82, 2.24) is 5.06 Å². The van der Waals surface area contributed by atoms with Gasteiger partial charge in [0.1, 0.15) is 5.60 Å². The van der Waals surface area contributed by atoms with Crippen LogP contribution in [0.1, 0.15) is 34.6 Å². The van der Waals surface area contributed by atoms with Gasteiger partial charge in [-0.1, -0.05) is 31.1 Å². The van der Waals surface area contributed by atoms with Crippen LogP contribution in [-0.4, -0.2) is 28.6 Å². The van der Waals surface area contributed by atoms with Crippen LogP contribution >= 0.6 is 0 Å². The summed E-state index contributed by atoms with van der Waals surface area (Å²) in [6.07, 6.45) is 2.80. The van der Waals surface area contributed by atoms with Crippen molar-refractivity contribution in [3.63, 3.8) is 0 Å². The molecule has 116 valence electrons. The lowest BCUT2D eigenvalue weighted by molar-refractivity contribution is -0.182. The average molecular weight is 295 g/mol. The van der Waals surface area contributed by atoms with Crippen LogP contribution in [0.2, 0.25) is 0 Å². The minimum Gasteiger partial charge on any atom is -0.427 e. The maximum absolute atomic E-state index is 12.3. The summed E-state index contributed by atoms with van der Waals surface area (Å²) in [4.78, 5) is 41.2. The van der Waals surface area contributed by atoms with Crippen LogP contribution in [0, 0.1) is 23.7 Å². The maximum Gasteiger partial charge on any atom is 0.534 e. The quantitative estimate of drug-likeness (QED) is 0.421. The molecule has 0 aromatic carbocycles. The van der Waals surface area contributed by atoms with Crippen molar-refractivity contribution in [2.24, 2.45) is 23.7 Å². The molecule has 21 heavy (non-hydrogen) atoms. The number of hydroxylamine groups is 2. The molecule has 6 heteroatoms. The molecule has 0 aromatic heterocycles. The molecule has 4 atom stereocenters. The first-order valence-electron chi connectivity index (χ1n) is 7.09. The number of hydrogen-bond acceptors (Lipinski definition) is 5. The Balaban J connectivity index is 2.15. The van der Waals surface area contributed by atoms with Crippen LogP contribution in [0.5, 0.6) is 0 Å². The third-order valence-corrected chi connectivity index (χ3v) is 3.76. The molecular formula is C15H21NO5. The van der Waals surface area contributed by atoms with Crippen LogP contribution < -0.4 is 0 Å². The molecule has 1 aliphatic carbocycles. The number of rotatable bonds is 1. The zero-order chi connectivity index (χ0) is 15.9. The van der Waals surface area contributed by atoms with Gasteiger partial charge in [-0.2, -0.15) is 0 Å². The summed E-state index contributed by atoms with van der Waals surface area (Å²) in [6.45, 7) is 8.78. The van der Waals surface area contributed by atoms with E-state index in [2.05, 4.69) is 0 Å². The number of hydrogen-bond donors (Lipinski definition) is 0. The topological polar surface area (TPSA) is 72.9 Å². The van der Waals surface area contributed by atoms with Crippen LogP contribution in [0.3, 0.4) is 0 Å². The normalized spacial score (nSPS) is 32.1. The Morgan fingerprint density at radius 1 is 1.05 bits per heavy atom. The van der Waals surface area contributed by atoms with Crippen molar-refractivity contribution >= 4 is 18.0 Å². The van der Waals surface area contributed by atoms with E-state index in [-0.39, 0.29) is 11.8 Å². The van der Waals surface area contributed by atoms with Gasteiger partial charge in [0.15, 0.2) is 0 Å². The Hall–Kier alpha value is -1.85. The van der Waals surface area contributed by atoms with E-state index in [1.165, 1.54) is 0 Å². The summed E-state index contributed by atoms with van der Waals surface area (Å²) >= 11 is 0. The molecule has 1 fully saturated rings. The number of carbonyl (C=O) groups excluding carboxylic acids is 3. The van der Waals surface area contributed by atoms with Crippen LogP contribution in [-0.2, 0) is 19.2 Å². The van der Waals surface area contributed by atoms with Gasteiger partial charge in [-0.3, -0.25) is 14.4 Å². The fraction of sp³-hybridized carbons (Fsp3) is 0.667. The van der Waals surface area contributed by atoms with E-state index in [9.17, 15) is 14.4 Å². The monoisotopic (exact) mass is 295 g/mol. The minimum absolute atomic E-state index is 0.0603. The fourth-order valence-electron chi connectivity index (χ4n) is 2.81. The molecular weight excluding hydrogens is 274 g/mol. The molecule has 6 nitrogen and oxygen atoms in total. The van der Waals surface area contributed by atoms with E-state index in [1.54, 1.807) is 20.8 Å². The number of carbonyl (C=O) groups is 3. The molecule has 0 spiro atoms. The molecule has 2 rings (SSSR count). The van der Waals surface area contributed by atoms with E-state index < -0.39 is 35.4 Å². The van der Waals surface area contributed by atoms with Gasteiger partial charge in [-0.05, 0) is 32.6 Å². The van der Waals surface area contributed by atoms with Crippen molar-refractivity contribution in [2.75, 3.05) is 0 Å². The number of imide groups is 1. The second kappa shape index (κ2) is 5.16. The number of fused-ring (bicyclic) bond motifs is 1. The molecule has 1 heterocycles. The molecule has 2 aliphatic rings. The maximum atomic E-state index is 12.3. The van der Waals surface area contributed by atoms with Gasteiger partial charge in [-0.15, -0.1) is 0 Å². The Bertz CT molecular complexity index is 475. The molecule has 0 aromatic rings. The molecule has 1 saturated heterocycles. The highest BCUT2D eigenvalue weighted by atomic mass is 16.8. The third kappa shape index (κ3) is 2.94. The molecule has 0 bridgehead atoms. The smallest absolute Gasteiger partial charge is 0.427 e. The van der Waals surface area contributed by atoms with Crippen molar-refractivity contribution in [2.45, 2.75) is 40.2 Å². The third-order valence-electron chi connectivity index (χ3n) is 3.76. The van der Waals surface area contributed by atoms with E-state index in [0.29, 0.717) is 5.06 Å². The van der Waals surface area contributed by atoms with Crippen molar-refractivity contribution in [1.29, 1.82) is 0 Å². The van der Waals surface area contributed by atoms with E-state index >= 15 is 0 Å². The second-order valence-corrected chi connectivity index (χ2v) is 6.68. The first kappa shape index (κ1) is 15.5. The highest BCUT2D eigenvalue weighted by Crippen LogP contribution is 2.41. The van der Waals surface area contributed by atoms with Gasteiger partial charge in [0, 0.05) is 0 Å². The van der Waals surface area contributed by atoms with Crippen molar-refractivity contribution in [3.8, 4) is 0 Å². The summed E-state index contributed by atoms with van der Waals surface area (Å²) in [5.74, 6) is -2.01. The van der Waals surface area contributed by atoms with Gasteiger partial charge >= 0.3 is 6.16 Å². The highest BCUT2D eigenvalue weighted by molar-refractivity contribution is 6.05. The van der Waals surface area contributed by atoms with Gasteiger partial charge < -0.3 is 4.74 Å². The van der Waals surface area contributed by atoms with E-state index in [1.807, 2.05) is 26.0 Å². The second-order valence-electron chi connectivity index (χ2n) is 6.68. The Morgan fingerprint density at radius 3 is 1.86 bits per heavy atom. The van der Waals surface area contributed by atoms with E-state index in [0.717, 1.165) is 0 Å². The summed E-state index contributed by atoms with van der Waals surface area (Å²) in [7, 11) is 0. The lowest BCUT2D eigenvalue weighted by Gasteiger charge is -2.27. The highest BCUT2D eigenvalue weighted by Gasteiger charge is 2.54. The molecule has 1 unspecified atom stereocenters. The summed E-state index contributed by atoms with van der Waals surface area (Å²) in [5.41, 5.74) is -0.752.